The molecule has 1 fully saturated rings. The number of aromatic hydroxyl groups is 1. The summed E-state index contributed by atoms with van der Waals surface area (Å²) in [5, 5.41) is 9.96. The second-order valence-corrected chi connectivity index (χ2v) is 6.43. The summed E-state index contributed by atoms with van der Waals surface area (Å²) in [6.45, 7) is 0. The predicted octanol–water partition coefficient (Wildman–Crippen LogP) is 4.77. The third-order valence-electron chi connectivity index (χ3n) is 3.35. The molecular weight excluding hydrogens is 378 g/mol. The van der Waals surface area contributed by atoms with Crippen molar-refractivity contribution in [2.45, 2.75) is 38.2 Å². The van der Waals surface area contributed by atoms with E-state index in [0.717, 1.165) is 17.3 Å². The zero-order valence-electron chi connectivity index (χ0n) is 10.2. The molecule has 1 aromatic heterocycles. The smallest absolute Gasteiger partial charge is 0.395 e. The van der Waals surface area contributed by atoms with Gasteiger partial charge in [0.25, 0.3) is 0 Å². The summed E-state index contributed by atoms with van der Waals surface area (Å²) >= 11 is 6.66. The van der Waals surface area contributed by atoms with E-state index in [1.54, 1.807) is 6.07 Å². The lowest BCUT2D eigenvalue weighted by atomic mass is 9.98. The minimum absolute atomic E-state index is 0.0699. The normalized spacial score (nSPS) is 16.9. The van der Waals surface area contributed by atoms with E-state index in [2.05, 4.69) is 36.8 Å². The molecule has 0 atom stereocenters. The molecule has 0 saturated heterocycles. The number of aromatic nitrogens is 1. The van der Waals surface area contributed by atoms with Crippen LogP contribution in [-0.2, 0) is 0 Å². The molecule has 0 unspecified atom stereocenters. The fraction of sp³-hybridized carbons (Fsp3) is 0.462. The molecule has 1 aliphatic carbocycles. The second kappa shape index (κ2) is 5.32. The summed E-state index contributed by atoms with van der Waals surface area (Å²) in [7, 11) is 0. The van der Waals surface area contributed by atoms with Gasteiger partial charge in [-0.3, -0.25) is 0 Å². The number of hydrogen-bond donors (Lipinski definition) is 1. The average Bonchev–Trinajstić information content (AvgIpc) is 2.82. The summed E-state index contributed by atoms with van der Waals surface area (Å²) in [5.74, 6) is 0.0699. The number of rotatable bonds is 2. The van der Waals surface area contributed by atoms with Crippen molar-refractivity contribution in [1.29, 1.82) is 0 Å². The van der Waals surface area contributed by atoms with Gasteiger partial charge in [0.15, 0.2) is 16.8 Å². The van der Waals surface area contributed by atoms with Gasteiger partial charge in [-0.15, -0.1) is 0 Å². The number of hydrogen-bond acceptors (Lipinski definition) is 4. The van der Waals surface area contributed by atoms with Crippen molar-refractivity contribution in [2.24, 2.45) is 0 Å². The standard InChI is InChI=1S/C13H13Br2NO3/c14-8-6-9(15)12-10(11(8)17)16-13(19-12)18-7-4-2-1-3-5-7/h6-7,17H,1-5H2. The van der Waals surface area contributed by atoms with Gasteiger partial charge in [-0.25, -0.2) is 0 Å². The Kier molecular flexibility index (Phi) is 3.71. The highest BCUT2D eigenvalue weighted by Gasteiger charge is 2.21. The summed E-state index contributed by atoms with van der Waals surface area (Å²) in [4.78, 5) is 4.23. The maximum absolute atomic E-state index is 9.96. The van der Waals surface area contributed by atoms with Gasteiger partial charge in [0.05, 0.1) is 8.95 Å². The molecule has 0 spiro atoms. The fourth-order valence-corrected chi connectivity index (χ4v) is 3.58. The van der Waals surface area contributed by atoms with Crippen LogP contribution in [0.2, 0.25) is 0 Å². The van der Waals surface area contributed by atoms with Crippen LogP contribution >= 0.6 is 31.9 Å². The first-order valence-electron chi connectivity index (χ1n) is 6.29. The van der Waals surface area contributed by atoms with Crippen LogP contribution in [-0.4, -0.2) is 16.2 Å². The lowest BCUT2D eigenvalue weighted by molar-refractivity contribution is 0.115. The molecular formula is C13H13Br2NO3. The molecule has 0 bridgehead atoms. The Morgan fingerprint density at radius 3 is 2.68 bits per heavy atom. The molecule has 0 aliphatic heterocycles. The summed E-state index contributed by atoms with van der Waals surface area (Å²) in [6.07, 6.45) is 6.12. The van der Waals surface area contributed by atoms with Gasteiger partial charge >= 0.3 is 6.08 Å². The molecule has 6 heteroatoms. The minimum atomic E-state index is 0.0699. The van der Waals surface area contributed by atoms with Crippen molar-refractivity contribution in [3.63, 3.8) is 0 Å². The Balaban J connectivity index is 1.92. The van der Waals surface area contributed by atoms with E-state index < -0.39 is 0 Å². The van der Waals surface area contributed by atoms with Gasteiger partial charge in [-0.1, -0.05) is 6.42 Å². The number of nitrogens with zero attached hydrogens (tertiary/aromatic N) is 1. The lowest BCUT2D eigenvalue weighted by Gasteiger charge is -2.20. The van der Waals surface area contributed by atoms with E-state index in [0.29, 0.717) is 15.6 Å². The van der Waals surface area contributed by atoms with Crippen molar-refractivity contribution >= 4 is 43.0 Å². The molecule has 2 aromatic rings. The summed E-state index contributed by atoms with van der Waals surface area (Å²) < 4.78 is 12.6. The molecule has 4 nitrogen and oxygen atoms in total. The molecule has 1 aliphatic rings. The summed E-state index contributed by atoms with van der Waals surface area (Å²) in [6, 6.07) is 1.73. The van der Waals surface area contributed by atoms with Crippen molar-refractivity contribution < 1.29 is 14.3 Å². The van der Waals surface area contributed by atoms with Gasteiger partial charge in [-0.2, -0.15) is 4.98 Å². The molecule has 0 radical (unpaired) electrons. The van der Waals surface area contributed by atoms with E-state index in [-0.39, 0.29) is 17.9 Å². The van der Waals surface area contributed by atoms with E-state index in [1.165, 1.54) is 19.3 Å². The van der Waals surface area contributed by atoms with Crippen LogP contribution in [0.4, 0.5) is 0 Å². The first-order valence-corrected chi connectivity index (χ1v) is 7.88. The van der Waals surface area contributed by atoms with Crippen molar-refractivity contribution in [3.05, 3.63) is 15.0 Å². The maximum atomic E-state index is 9.96. The molecule has 0 amide bonds. The molecule has 3 rings (SSSR count). The third-order valence-corrected chi connectivity index (χ3v) is 4.54. The van der Waals surface area contributed by atoms with Crippen LogP contribution in [0, 0.1) is 0 Å². The topological polar surface area (TPSA) is 55.5 Å². The van der Waals surface area contributed by atoms with E-state index >= 15 is 0 Å². The monoisotopic (exact) mass is 389 g/mol. The molecule has 19 heavy (non-hydrogen) atoms. The lowest BCUT2D eigenvalue weighted by Crippen LogP contribution is -2.19. The largest absolute Gasteiger partial charge is 0.504 e. The van der Waals surface area contributed by atoms with Gasteiger partial charge in [-0.05, 0) is 63.6 Å². The van der Waals surface area contributed by atoms with E-state index in [4.69, 9.17) is 9.15 Å². The van der Waals surface area contributed by atoms with Crippen LogP contribution < -0.4 is 4.74 Å². The second-order valence-electron chi connectivity index (χ2n) is 4.72. The summed E-state index contributed by atoms with van der Waals surface area (Å²) in [5.41, 5.74) is 0.915. The quantitative estimate of drug-likeness (QED) is 0.802. The Morgan fingerprint density at radius 1 is 1.21 bits per heavy atom. The maximum Gasteiger partial charge on any atom is 0.395 e. The average molecular weight is 391 g/mol. The molecule has 1 N–H and O–H groups in total. The number of phenolic OH excluding ortho intramolecular Hbond substituents is 1. The van der Waals surface area contributed by atoms with Gasteiger partial charge < -0.3 is 14.3 Å². The van der Waals surface area contributed by atoms with Crippen LogP contribution in [0.5, 0.6) is 11.8 Å². The predicted molar refractivity (Wildman–Crippen MR) is 78.6 cm³/mol. The number of ether oxygens (including phenoxy) is 1. The highest BCUT2D eigenvalue weighted by atomic mass is 79.9. The van der Waals surface area contributed by atoms with Gasteiger partial charge in [0, 0.05) is 0 Å². The van der Waals surface area contributed by atoms with Crippen molar-refractivity contribution in [3.8, 4) is 11.8 Å². The number of fused-ring (bicyclic) bond motifs is 1. The molecule has 102 valence electrons. The van der Waals surface area contributed by atoms with Crippen LogP contribution in [0.25, 0.3) is 11.1 Å². The minimum Gasteiger partial charge on any atom is -0.504 e. The molecule has 1 saturated carbocycles. The van der Waals surface area contributed by atoms with Gasteiger partial charge in [0.2, 0.25) is 0 Å². The first-order chi connectivity index (χ1) is 9.15. The zero-order valence-corrected chi connectivity index (χ0v) is 13.3. The number of phenols is 1. The Labute approximate surface area is 127 Å². The van der Waals surface area contributed by atoms with Gasteiger partial charge in [0.1, 0.15) is 6.10 Å². The highest BCUT2D eigenvalue weighted by molar-refractivity contribution is 9.11. The molecule has 1 heterocycles. The SMILES string of the molecule is Oc1c(Br)cc(Br)c2oc(OC3CCCCC3)nc12. The van der Waals surface area contributed by atoms with Crippen molar-refractivity contribution in [2.75, 3.05) is 0 Å². The number of benzene rings is 1. The van der Waals surface area contributed by atoms with Crippen LogP contribution in [0.15, 0.2) is 19.4 Å². The molecule has 1 aromatic carbocycles. The number of halogens is 2. The van der Waals surface area contributed by atoms with Crippen LogP contribution in [0.1, 0.15) is 32.1 Å². The van der Waals surface area contributed by atoms with E-state index in [1.807, 2.05) is 0 Å². The first kappa shape index (κ1) is 13.2. The number of oxazole rings is 1. The highest BCUT2D eigenvalue weighted by Crippen LogP contribution is 2.39. The zero-order chi connectivity index (χ0) is 13.4. The van der Waals surface area contributed by atoms with Crippen molar-refractivity contribution in [1.82, 2.24) is 4.98 Å². The fourth-order valence-electron chi connectivity index (χ4n) is 2.36. The Hall–Kier alpha value is -0.750. The van der Waals surface area contributed by atoms with E-state index in [9.17, 15) is 5.11 Å². The van der Waals surface area contributed by atoms with Crippen LogP contribution in [0.3, 0.4) is 0 Å². The third kappa shape index (κ3) is 2.60. The Morgan fingerprint density at radius 2 is 1.95 bits per heavy atom. The Bertz CT molecular complexity index is 605.